The Bertz CT molecular complexity index is 920. The summed E-state index contributed by atoms with van der Waals surface area (Å²) in [5, 5.41) is 13.8. The highest BCUT2D eigenvalue weighted by Gasteiger charge is 2.60. The van der Waals surface area contributed by atoms with E-state index in [9.17, 15) is 5.26 Å². The molecule has 2 bridgehead atoms. The topological polar surface area (TPSA) is 45.4 Å². The number of rotatable bonds is 4. The van der Waals surface area contributed by atoms with Crippen LogP contribution in [0.2, 0.25) is 0 Å². The predicted molar refractivity (Wildman–Crippen MR) is 108 cm³/mol. The molecule has 3 heteroatoms. The standard InChI is InChI=1S/C24H26N2O/c1-23(2)20-12-13-24(23,3)22(14-20)26-27-16-17-8-10-18(11-9-17)21-7-5-4-6-19(21)15-25/h4-11,20H,12-14,16H2,1-3H3. The van der Waals surface area contributed by atoms with Gasteiger partial charge in [0.2, 0.25) is 0 Å². The fourth-order valence-corrected chi connectivity index (χ4v) is 4.86. The van der Waals surface area contributed by atoms with Gasteiger partial charge in [-0.05, 0) is 53.4 Å². The number of nitrogens with zero attached hydrogens (tertiary/aromatic N) is 2. The van der Waals surface area contributed by atoms with E-state index < -0.39 is 0 Å². The average molecular weight is 358 g/mol. The second-order valence-electron chi connectivity index (χ2n) is 8.66. The van der Waals surface area contributed by atoms with Gasteiger partial charge in [0, 0.05) is 5.41 Å². The third-order valence-corrected chi connectivity index (χ3v) is 7.23. The minimum Gasteiger partial charge on any atom is -0.391 e. The molecule has 0 amide bonds. The summed E-state index contributed by atoms with van der Waals surface area (Å²) >= 11 is 0. The molecule has 2 saturated carbocycles. The summed E-state index contributed by atoms with van der Waals surface area (Å²) in [6, 6.07) is 18.1. The van der Waals surface area contributed by atoms with Gasteiger partial charge in [-0.3, -0.25) is 0 Å². The van der Waals surface area contributed by atoms with Crippen molar-refractivity contribution in [3.63, 3.8) is 0 Å². The maximum Gasteiger partial charge on any atom is 0.142 e. The van der Waals surface area contributed by atoms with Gasteiger partial charge in [-0.15, -0.1) is 0 Å². The molecule has 2 aromatic carbocycles. The lowest BCUT2D eigenvalue weighted by Crippen LogP contribution is -2.32. The molecule has 0 radical (unpaired) electrons. The first-order valence-electron chi connectivity index (χ1n) is 9.73. The van der Waals surface area contributed by atoms with E-state index in [0.29, 0.717) is 17.6 Å². The molecule has 0 aliphatic heterocycles. The number of nitriles is 1. The van der Waals surface area contributed by atoms with Crippen molar-refractivity contribution in [2.75, 3.05) is 0 Å². The van der Waals surface area contributed by atoms with Crippen LogP contribution in [0.25, 0.3) is 11.1 Å². The maximum atomic E-state index is 9.27. The summed E-state index contributed by atoms with van der Waals surface area (Å²) in [7, 11) is 0. The number of fused-ring (bicyclic) bond motifs is 2. The molecule has 2 unspecified atom stereocenters. The van der Waals surface area contributed by atoms with Crippen LogP contribution in [0.1, 0.15) is 51.2 Å². The lowest BCUT2D eigenvalue weighted by Gasteiger charge is -2.34. The second kappa shape index (κ2) is 6.53. The molecule has 2 aromatic rings. The van der Waals surface area contributed by atoms with E-state index in [1.165, 1.54) is 18.6 Å². The Hall–Kier alpha value is -2.60. The molecule has 0 spiro atoms. The van der Waals surface area contributed by atoms with Crippen molar-refractivity contribution < 1.29 is 4.84 Å². The summed E-state index contributed by atoms with van der Waals surface area (Å²) < 4.78 is 0. The smallest absolute Gasteiger partial charge is 0.142 e. The number of oxime groups is 1. The molecular formula is C24H26N2O. The van der Waals surface area contributed by atoms with E-state index in [4.69, 9.17) is 4.84 Å². The number of benzene rings is 2. The molecule has 0 aromatic heterocycles. The van der Waals surface area contributed by atoms with Crippen LogP contribution in [0.3, 0.4) is 0 Å². The van der Waals surface area contributed by atoms with E-state index in [-0.39, 0.29) is 5.41 Å². The summed E-state index contributed by atoms with van der Waals surface area (Å²) in [6.07, 6.45) is 3.61. The Kier molecular flexibility index (Phi) is 4.30. The van der Waals surface area contributed by atoms with Gasteiger partial charge < -0.3 is 4.84 Å². The highest BCUT2D eigenvalue weighted by Crippen LogP contribution is 2.64. The molecular weight excluding hydrogens is 332 g/mol. The molecule has 3 nitrogen and oxygen atoms in total. The van der Waals surface area contributed by atoms with Crippen molar-refractivity contribution in [3.8, 4) is 17.2 Å². The monoisotopic (exact) mass is 358 g/mol. The number of hydrogen-bond acceptors (Lipinski definition) is 3. The molecule has 0 N–H and O–H groups in total. The Morgan fingerprint density at radius 1 is 1.11 bits per heavy atom. The molecule has 2 fully saturated rings. The van der Waals surface area contributed by atoms with E-state index in [0.717, 1.165) is 29.0 Å². The first-order chi connectivity index (χ1) is 13.0. The SMILES string of the molecule is CC12CCC(CC1=NOCc1ccc(-c3ccccc3C#N)cc1)C2(C)C. The van der Waals surface area contributed by atoms with Crippen LogP contribution < -0.4 is 0 Å². The lowest BCUT2D eigenvalue weighted by atomic mass is 9.70. The first-order valence-corrected chi connectivity index (χ1v) is 9.73. The highest BCUT2D eigenvalue weighted by molar-refractivity contribution is 5.93. The van der Waals surface area contributed by atoms with Crippen LogP contribution in [-0.2, 0) is 11.4 Å². The Morgan fingerprint density at radius 2 is 1.85 bits per heavy atom. The average Bonchev–Trinajstić information content (AvgIpc) is 3.02. The third-order valence-electron chi connectivity index (χ3n) is 7.23. The van der Waals surface area contributed by atoms with E-state index in [1.807, 2.05) is 36.4 Å². The molecule has 2 atom stereocenters. The molecule has 27 heavy (non-hydrogen) atoms. The Labute approximate surface area is 161 Å². The van der Waals surface area contributed by atoms with Crippen LogP contribution >= 0.6 is 0 Å². The molecule has 4 rings (SSSR count). The van der Waals surface area contributed by atoms with Crippen molar-refractivity contribution in [3.05, 3.63) is 59.7 Å². The molecule has 2 aliphatic carbocycles. The lowest BCUT2D eigenvalue weighted by molar-refractivity contribution is 0.123. The summed E-state index contributed by atoms with van der Waals surface area (Å²) in [5.41, 5.74) is 5.54. The molecule has 0 saturated heterocycles. The van der Waals surface area contributed by atoms with Gasteiger partial charge in [0.15, 0.2) is 0 Å². The zero-order chi connectivity index (χ0) is 19.1. The van der Waals surface area contributed by atoms with E-state index in [2.05, 4.69) is 44.1 Å². The van der Waals surface area contributed by atoms with Crippen molar-refractivity contribution in [1.29, 1.82) is 5.26 Å². The van der Waals surface area contributed by atoms with Gasteiger partial charge in [0.05, 0.1) is 17.3 Å². The minimum absolute atomic E-state index is 0.183. The maximum absolute atomic E-state index is 9.27. The summed E-state index contributed by atoms with van der Waals surface area (Å²) in [6.45, 7) is 7.59. The van der Waals surface area contributed by atoms with Gasteiger partial charge in [-0.2, -0.15) is 5.26 Å². The minimum atomic E-state index is 0.183. The van der Waals surface area contributed by atoms with Gasteiger partial charge in [0.1, 0.15) is 6.61 Å². The van der Waals surface area contributed by atoms with Gasteiger partial charge in [0.25, 0.3) is 0 Å². The second-order valence-corrected chi connectivity index (χ2v) is 8.66. The normalized spacial score (nSPS) is 26.9. The van der Waals surface area contributed by atoms with Gasteiger partial charge in [-0.1, -0.05) is 68.4 Å². The fraction of sp³-hybridized carbons (Fsp3) is 0.417. The quantitative estimate of drug-likeness (QED) is 0.635. The van der Waals surface area contributed by atoms with Crippen molar-refractivity contribution >= 4 is 5.71 Å². The Morgan fingerprint density at radius 3 is 2.48 bits per heavy atom. The van der Waals surface area contributed by atoms with E-state index >= 15 is 0 Å². The number of hydrogen-bond donors (Lipinski definition) is 0. The van der Waals surface area contributed by atoms with Crippen LogP contribution in [-0.4, -0.2) is 5.71 Å². The van der Waals surface area contributed by atoms with Crippen molar-refractivity contribution in [2.45, 2.75) is 46.6 Å². The van der Waals surface area contributed by atoms with Crippen molar-refractivity contribution in [2.24, 2.45) is 21.9 Å². The predicted octanol–water partition coefficient (Wildman–Crippen LogP) is 5.94. The largest absolute Gasteiger partial charge is 0.391 e. The van der Waals surface area contributed by atoms with Gasteiger partial charge >= 0.3 is 0 Å². The zero-order valence-electron chi connectivity index (χ0n) is 16.3. The highest BCUT2D eigenvalue weighted by atomic mass is 16.6. The molecule has 138 valence electrons. The molecule has 0 heterocycles. The van der Waals surface area contributed by atoms with Crippen LogP contribution in [0.4, 0.5) is 0 Å². The third kappa shape index (κ3) is 2.84. The van der Waals surface area contributed by atoms with Crippen LogP contribution in [0.15, 0.2) is 53.7 Å². The fourth-order valence-electron chi connectivity index (χ4n) is 4.86. The molecule has 2 aliphatic rings. The van der Waals surface area contributed by atoms with E-state index in [1.54, 1.807) is 0 Å². The first kappa shape index (κ1) is 17.8. The Balaban J connectivity index is 1.44. The zero-order valence-corrected chi connectivity index (χ0v) is 16.3. The van der Waals surface area contributed by atoms with Crippen LogP contribution in [0, 0.1) is 28.1 Å². The van der Waals surface area contributed by atoms with Crippen molar-refractivity contribution in [1.82, 2.24) is 0 Å². The summed E-state index contributed by atoms with van der Waals surface area (Å²) in [5.74, 6) is 0.740. The summed E-state index contributed by atoms with van der Waals surface area (Å²) in [4.78, 5) is 5.74. The van der Waals surface area contributed by atoms with Gasteiger partial charge in [-0.25, -0.2) is 0 Å². The van der Waals surface area contributed by atoms with Crippen LogP contribution in [0.5, 0.6) is 0 Å².